The summed E-state index contributed by atoms with van der Waals surface area (Å²) in [5.41, 5.74) is 2.51. The zero-order chi connectivity index (χ0) is 16.6. The molecule has 25 heavy (non-hydrogen) atoms. The van der Waals surface area contributed by atoms with E-state index < -0.39 is 0 Å². The van der Waals surface area contributed by atoms with E-state index in [1.807, 2.05) is 23.1 Å². The maximum atomic E-state index is 4.80. The molecule has 6 heteroatoms. The number of rotatable bonds is 6. The van der Waals surface area contributed by atoms with Crippen LogP contribution in [0.2, 0.25) is 0 Å². The summed E-state index contributed by atoms with van der Waals surface area (Å²) in [5, 5.41) is 11.2. The van der Waals surface area contributed by atoms with Crippen LogP contribution in [0.5, 0.6) is 0 Å². The average molecular weight is 453 g/mol. The molecule has 3 rings (SSSR count). The number of aliphatic imine (C=N–C) groups is 1. The van der Waals surface area contributed by atoms with E-state index in [-0.39, 0.29) is 24.0 Å². The Morgan fingerprint density at radius 1 is 1.20 bits per heavy atom. The smallest absolute Gasteiger partial charge is 0.191 e. The normalized spacial score (nSPS) is 15.0. The quantitative estimate of drug-likeness (QED) is 0.400. The van der Waals surface area contributed by atoms with E-state index in [9.17, 15) is 0 Å². The van der Waals surface area contributed by atoms with Crippen LogP contribution in [0.1, 0.15) is 43.7 Å². The summed E-state index contributed by atoms with van der Waals surface area (Å²) in [6.45, 7) is 4.45. The molecule has 2 N–H and O–H groups in total. The Kier molecular flexibility index (Phi) is 8.24. The molecule has 2 aromatic rings. The van der Waals surface area contributed by atoms with Crippen molar-refractivity contribution in [3.8, 4) is 0 Å². The fraction of sp³-hybridized carbons (Fsp3) is 0.474. The molecule has 1 aromatic heterocycles. The lowest BCUT2D eigenvalue weighted by Crippen LogP contribution is -2.42. The molecular weight excluding hydrogens is 425 g/mol. The molecule has 1 saturated carbocycles. The second-order valence-corrected chi connectivity index (χ2v) is 6.29. The number of nitrogens with zero attached hydrogens (tertiary/aromatic N) is 3. The van der Waals surface area contributed by atoms with Crippen LogP contribution < -0.4 is 10.6 Å². The Labute approximate surface area is 167 Å². The minimum Gasteiger partial charge on any atom is -0.357 e. The Hall–Kier alpha value is -1.57. The van der Waals surface area contributed by atoms with Crippen molar-refractivity contribution >= 4 is 29.9 Å². The number of benzene rings is 1. The van der Waals surface area contributed by atoms with Gasteiger partial charge in [-0.15, -0.1) is 24.0 Å². The summed E-state index contributed by atoms with van der Waals surface area (Å²) in [5.74, 6) is 0.929. The number of hydrogen-bond acceptors (Lipinski definition) is 2. The minimum absolute atomic E-state index is 0. The van der Waals surface area contributed by atoms with Crippen molar-refractivity contribution in [2.75, 3.05) is 6.54 Å². The lowest BCUT2D eigenvalue weighted by Gasteiger charge is -2.17. The van der Waals surface area contributed by atoms with E-state index in [4.69, 9.17) is 4.99 Å². The highest BCUT2D eigenvalue weighted by Gasteiger charge is 2.15. The molecule has 0 spiro atoms. The summed E-state index contributed by atoms with van der Waals surface area (Å²) in [6.07, 6.45) is 8.95. The zero-order valence-electron chi connectivity index (χ0n) is 14.8. The van der Waals surface area contributed by atoms with Gasteiger partial charge in [-0.3, -0.25) is 4.68 Å². The van der Waals surface area contributed by atoms with Gasteiger partial charge in [0.25, 0.3) is 0 Å². The highest BCUT2D eigenvalue weighted by Crippen LogP contribution is 2.17. The first kappa shape index (κ1) is 19.8. The van der Waals surface area contributed by atoms with Gasteiger partial charge in [0.05, 0.1) is 13.1 Å². The molecule has 0 unspecified atom stereocenters. The number of nitrogens with one attached hydrogen (secondary N) is 2. The SMILES string of the molecule is CCNC(=NCc1ccccc1Cn1cccn1)NC1CCCC1.I. The van der Waals surface area contributed by atoms with Crippen LogP contribution in [0, 0.1) is 0 Å². The number of hydrogen-bond donors (Lipinski definition) is 2. The van der Waals surface area contributed by atoms with Crippen LogP contribution in [-0.2, 0) is 13.1 Å². The Balaban J connectivity index is 0.00000225. The monoisotopic (exact) mass is 453 g/mol. The van der Waals surface area contributed by atoms with Crippen LogP contribution in [-0.4, -0.2) is 28.3 Å². The van der Waals surface area contributed by atoms with Crippen molar-refractivity contribution in [2.24, 2.45) is 4.99 Å². The van der Waals surface area contributed by atoms with Gasteiger partial charge >= 0.3 is 0 Å². The molecule has 5 nitrogen and oxygen atoms in total. The third-order valence-corrected chi connectivity index (χ3v) is 4.46. The third kappa shape index (κ3) is 6.02. The second kappa shape index (κ2) is 10.4. The number of guanidine groups is 1. The largest absolute Gasteiger partial charge is 0.357 e. The molecule has 1 fully saturated rings. The van der Waals surface area contributed by atoms with Crippen molar-refractivity contribution in [2.45, 2.75) is 51.7 Å². The lowest BCUT2D eigenvalue weighted by atomic mass is 10.1. The van der Waals surface area contributed by atoms with E-state index >= 15 is 0 Å². The predicted octanol–water partition coefficient (Wildman–Crippen LogP) is 3.55. The van der Waals surface area contributed by atoms with E-state index in [1.54, 1.807) is 0 Å². The first-order valence-electron chi connectivity index (χ1n) is 8.94. The molecular formula is C19H28IN5. The predicted molar refractivity (Wildman–Crippen MR) is 113 cm³/mol. The topological polar surface area (TPSA) is 54.2 Å². The van der Waals surface area contributed by atoms with Crippen molar-refractivity contribution in [3.05, 3.63) is 53.9 Å². The first-order chi connectivity index (χ1) is 11.8. The highest BCUT2D eigenvalue weighted by atomic mass is 127. The molecule has 0 amide bonds. The fourth-order valence-electron chi connectivity index (χ4n) is 3.18. The van der Waals surface area contributed by atoms with Crippen molar-refractivity contribution < 1.29 is 0 Å². The van der Waals surface area contributed by atoms with Gasteiger partial charge < -0.3 is 10.6 Å². The van der Waals surface area contributed by atoms with Crippen LogP contribution in [0.4, 0.5) is 0 Å². The number of halogens is 1. The van der Waals surface area contributed by atoms with Gasteiger partial charge in [0.15, 0.2) is 5.96 Å². The fourth-order valence-corrected chi connectivity index (χ4v) is 3.18. The van der Waals surface area contributed by atoms with Crippen molar-refractivity contribution in [1.29, 1.82) is 0 Å². The number of aromatic nitrogens is 2. The lowest BCUT2D eigenvalue weighted by molar-refractivity contribution is 0.613. The standard InChI is InChI=1S/C19H27N5.HI/c1-2-20-19(23-18-10-5-6-11-18)21-14-16-8-3-4-9-17(16)15-24-13-7-12-22-24;/h3-4,7-9,12-13,18H,2,5-6,10-11,14-15H2,1H3,(H2,20,21,23);1H. The molecule has 1 heterocycles. The van der Waals surface area contributed by atoms with Crippen molar-refractivity contribution in [1.82, 2.24) is 20.4 Å². The molecule has 0 bridgehead atoms. The van der Waals surface area contributed by atoms with Crippen LogP contribution in [0.25, 0.3) is 0 Å². The summed E-state index contributed by atoms with van der Waals surface area (Å²) in [7, 11) is 0. The summed E-state index contributed by atoms with van der Waals surface area (Å²) < 4.78 is 1.95. The Bertz CT molecular complexity index is 648. The molecule has 1 aliphatic rings. The molecule has 1 aliphatic carbocycles. The zero-order valence-corrected chi connectivity index (χ0v) is 17.1. The molecule has 136 valence electrons. The Morgan fingerprint density at radius 3 is 2.64 bits per heavy atom. The molecule has 0 aliphatic heterocycles. The van der Waals surface area contributed by atoms with Crippen LogP contribution >= 0.6 is 24.0 Å². The van der Waals surface area contributed by atoms with Crippen molar-refractivity contribution in [3.63, 3.8) is 0 Å². The summed E-state index contributed by atoms with van der Waals surface area (Å²) in [6, 6.07) is 11.0. The van der Waals surface area contributed by atoms with Gasteiger partial charge in [-0.2, -0.15) is 5.10 Å². The summed E-state index contributed by atoms with van der Waals surface area (Å²) >= 11 is 0. The van der Waals surface area contributed by atoms with E-state index in [1.165, 1.54) is 36.8 Å². The van der Waals surface area contributed by atoms with E-state index in [2.05, 4.69) is 46.9 Å². The van der Waals surface area contributed by atoms with Gasteiger partial charge in [-0.1, -0.05) is 37.1 Å². The van der Waals surface area contributed by atoms with Gasteiger partial charge in [-0.25, -0.2) is 4.99 Å². The van der Waals surface area contributed by atoms with Gasteiger partial charge in [0.2, 0.25) is 0 Å². The van der Waals surface area contributed by atoms with Gasteiger partial charge in [0.1, 0.15) is 0 Å². The minimum atomic E-state index is 0. The molecule has 0 saturated heterocycles. The summed E-state index contributed by atoms with van der Waals surface area (Å²) in [4.78, 5) is 4.80. The maximum Gasteiger partial charge on any atom is 0.191 e. The van der Waals surface area contributed by atoms with Gasteiger partial charge in [-0.05, 0) is 37.0 Å². The van der Waals surface area contributed by atoms with E-state index in [0.717, 1.165) is 19.0 Å². The average Bonchev–Trinajstić information content (AvgIpc) is 3.28. The van der Waals surface area contributed by atoms with Crippen LogP contribution in [0.15, 0.2) is 47.7 Å². The first-order valence-corrected chi connectivity index (χ1v) is 8.94. The Morgan fingerprint density at radius 2 is 1.96 bits per heavy atom. The van der Waals surface area contributed by atoms with Gasteiger partial charge in [0, 0.05) is 25.0 Å². The molecule has 0 atom stereocenters. The third-order valence-electron chi connectivity index (χ3n) is 4.46. The second-order valence-electron chi connectivity index (χ2n) is 6.29. The van der Waals surface area contributed by atoms with Crippen LogP contribution in [0.3, 0.4) is 0 Å². The molecule has 0 radical (unpaired) electrons. The highest BCUT2D eigenvalue weighted by molar-refractivity contribution is 14.0. The van der Waals surface area contributed by atoms with E-state index in [0.29, 0.717) is 12.6 Å². The molecule has 1 aromatic carbocycles. The maximum absolute atomic E-state index is 4.80.